The Kier molecular flexibility index (Phi) is 4.46. The monoisotopic (exact) mass is 238 g/mol. The van der Waals surface area contributed by atoms with Crippen molar-refractivity contribution < 1.29 is 0 Å². The smallest absolute Gasteiger partial charge is 0.152 e. The van der Waals surface area contributed by atoms with Crippen molar-refractivity contribution >= 4 is 17.3 Å². The molecule has 0 radical (unpaired) electrons. The molecule has 1 aliphatic carbocycles. The van der Waals surface area contributed by atoms with E-state index < -0.39 is 0 Å². The standard InChI is InChI=1S/C13H19ClN2/c14-13-12(8-5-9-15-13)16-10-11-6-3-1-2-4-7-11/h5,8-9,11,16H,1-4,6-7,10H2. The molecule has 0 amide bonds. The van der Waals surface area contributed by atoms with Crippen LogP contribution in [0.2, 0.25) is 5.15 Å². The summed E-state index contributed by atoms with van der Waals surface area (Å²) in [4.78, 5) is 4.06. The lowest BCUT2D eigenvalue weighted by atomic mass is 10.0. The van der Waals surface area contributed by atoms with Gasteiger partial charge in [-0.2, -0.15) is 0 Å². The zero-order chi connectivity index (χ0) is 11.2. The zero-order valence-electron chi connectivity index (χ0n) is 9.58. The molecule has 1 saturated carbocycles. The topological polar surface area (TPSA) is 24.9 Å². The first kappa shape index (κ1) is 11.7. The molecule has 1 aliphatic rings. The van der Waals surface area contributed by atoms with Gasteiger partial charge in [0.2, 0.25) is 0 Å². The highest BCUT2D eigenvalue weighted by atomic mass is 35.5. The lowest BCUT2D eigenvalue weighted by Crippen LogP contribution is -2.13. The van der Waals surface area contributed by atoms with E-state index in [1.165, 1.54) is 38.5 Å². The number of hydrogen-bond acceptors (Lipinski definition) is 2. The van der Waals surface area contributed by atoms with Gasteiger partial charge in [0.1, 0.15) is 0 Å². The molecule has 1 aromatic rings. The van der Waals surface area contributed by atoms with Gasteiger partial charge in [-0.25, -0.2) is 4.98 Å². The van der Waals surface area contributed by atoms with Crippen molar-refractivity contribution in [3.8, 4) is 0 Å². The minimum absolute atomic E-state index is 0.580. The van der Waals surface area contributed by atoms with E-state index in [0.717, 1.165) is 18.2 Å². The summed E-state index contributed by atoms with van der Waals surface area (Å²) in [6.45, 7) is 1.03. The molecule has 88 valence electrons. The Labute approximate surface area is 102 Å². The SMILES string of the molecule is Clc1ncccc1NCC1CCCCCC1. The molecule has 1 heterocycles. The van der Waals surface area contributed by atoms with E-state index in [9.17, 15) is 0 Å². The van der Waals surface area contributed by atoms with Crippen LogP contribution in [0.5, 0.6) is 0 Å². The highest BCUT2D eigenvalue weighted by Crippen LogP contribution is 2.24. The van der Waals surface area contributed by atoms with Crippen molar-refractivity contribution in [2.45, 2.75) is 38.5 Å². The molecule has 0 bridgehead atoms. The van der Waals surface area contributed by atoms with Crippen molar-refractivity contribution in [3.05, 3.63) is 23.5 Å². The molecular weight excluding hydrogens is 220 g/mol. The predicted octanol–water partition coefficient (Wildman–Crippen LogP) is 4.12. The van der Waals surface area contributed by atoms with Crippen molar-refractivity contribution in [2.75, 3.05) is 11.9 Å². The Morgan fingerprint density at radius 2 is 2.00 bits per heavy atom. The van der Waals surface area contributed by atoms with E-state index in [1.807, 2.05) is 12.1 Å². The van der Waals surface area contributed by atoms with Crippen LogP contribution in [0.15, 0.2) is 18.3 Å². The summed E-state index contributed by atoms with van der Waals surface area (Å²) in [7, 11) is 0. The van der Waals surface area contributed by atoms with Gasteiger partial charge in [-0.05, 0) is 30.9 Å². The first-order chi connectivity index (χ1) is 7.86. The quantitative estimate of drug-likeness (QED) is 0.633. The Balaban J connectivity index is 1.84. The van der Waals surface area contributed by atoms with Gasteiger partial charge in [0, 0.05) is 12.7 Å². The highest BCUT2D eigenvalue weighted by molar-refractivity contribution is 6.31. The van der Waals surface area contributed by atoms with Crippen LogP contribution in [0.4, 0.5) is 5.69 Å². The fraction of sp³-hybridized carbons (Fsp3) is 0.615. The molecule has 1 fully saturated rings. The largest absolute Gasteiger partial charge is 0.382 e. The summed E-state index contributed by atoms with van der Waals surface area (Å²) >= 11 is 6.00. The number of nitrogens with zero attached hydrogens (tertiary/aromatic N) is 1. The zero-order valence-corrected chi connectivity index (χ0v) is 10.3. The molecule has 2 nitrogen and oxygen atoms in total. The molecule has 1 aromatic heterocycles. The molecule has 0 spiro atoms. The number of pyridine rings is 1. The second-order valence-electron chi connectivity index (χ2n) is 4.58. The third kappa shape index (κ3) is 3.38. The lowest BCUT2D eigenvalue weighted by molar-refractivity contribution is 0.483. The van der Waals surface area contributed by atoms with Gasteiger partial charge in [0.15, 0.2) is 5.15 Å². The van der Waals surface area contributed by atoms with Crippen molar-refractivity contribution in [1.82, 2.24) is 4.98 Å². The van der Waals surface area contributed by atoms with Gasteiger partial charge in [-0.1, -0.05) is 37.3 Å². The Hall–Kier alpha value is -0.760. The summed E-state index contributed by atoms with van der Waals surface area (Å²) in [5, 5.41) is 4.00. The third-order valence-electron chi connectivity index (χ3n) is 3.32. The summed E-state index contributed by atoms with van der Waals surface area (Å²) in [6.07, 6.45) is 10.0. The maximum absolute atomic E-state index is 6.00. The minimum Gasteiger partial charge on any atom is -0.382 e. The van der Waals surface area contributed by atoms with Crippen LogP contribution in [0, 0.1) is 5.92 Å². The van der Waals surface area contributed by atoms with E-state index >= 15 is 0 Å². The number of nitrogens with one attached hydrogen (secondary N) is 1. The molecule has 2 rings (SSSR count). The van der Waals surface area contributed by atoms with Gasteiger partial charge in [0.05, 0.1) is 5.69 Å². The summed E-state index contributed by atoms with van der Waals surface area (Å²) < 4.78 is 0. The molecule has 0 aliphatic heterocycles. The van der Waals surface area contributed by atoms with E-state index in [1.54, 1.807) is 6.20 Å². The predicted molar refractivity (Wildman–Crippen MR) is 68.9 cm³/mol. The van der Waals surface area contributed by atoms with E-state index in [2.05, 4.69) is 10.3 Å². The Morgan fingerprint density at radius 1 is 1.25 bits per heavy atom. The fourth-order valence-corrected chi connectivity index (χ4v) is 2.53. The number of rotatable bonds is 3. The van der Waals surface area contributed by atoms with Crippen LogP contribution >= 0.6 is 11.6 Å². The fourth-order valence-electron chi connectivity index (χ4n) is 2.34. The molecule has 3 heteroatoms. The molecule has 0 unspecified atom stereocenters. The van der Waals surface area contributed by atoms with E-state index in [4.69, 9.17) is 11.6 Å². The number of halogens is 1. The first-order valence-electron chi connectivity index (χ1n) is 6.20. The minimum atomic E-state index is 0.580. The lowest BCUT2D eigenvalue weighted by Gasteiger charge is -2.15. The van der Waals surface area contributed by atoms with Gasteiger partial charge in [-0.15, -0.1) is 0 Å². The van der Waals surface area contributed by atoms with Crippen molar-refractivity contribution in [3.63, 3.8) is 0 Å². The van der Waals surface area contributed by atoms with Gasteiger partial charge in [-0.3, -0.25) is 0 Å². The average Bonchev–Trinajstić information content (AvgIpc) is 2.56. The second-order valence-corrected chi connectivity index (χ2v) is 4.94. The number of hydrogen-bond donors (Lipinski definition) is 1. The molecule has 0 atom stereocenters. The van der Waals surface area contributed by atoms with Crippen molar-refractivity contribution in [1.29, 1.82) is 0 Å². The van der Waals surface area contributed by atoms with Crippen LogP contribution in [0.3, 0.4) is 0 Å². The highest BCUT2D eigenvalue weighted by Gasteiger charge is 2.12. The molecule has 16 heavy (non-hydrogen) atoms. The van der Waals surface area contributed by atoms with Crippen LogP contribution in [0.25, 0.3) is 0 Å². The van der Waals surface area contributed by atoms with Crippen LogP contribution in [0.1, 0.15) is 38.5 Å². The van der Waals surface area contributed by atoms with Crippen LogP contribution < -0.4 is 5.32 Å². The second kappa shape index (κ2) is 6.09. The summed E-state index contributed by atoms with van der Waals surface area (Å²) in [5.74, 6) is 0.804. The molecule has 0 aromatic carbocycles. The third-order valence-corrected chi connectivity index (χ3v) is 3.62. The normalized spacial score (nSPS) is 18.1. The maximum Gasteiger partial charge on any atom is 0.152 e. The molecule has 0 saturated heterocycles. The van der Waals surface area contributed by atoms with Crippen LogP contribution in [-0.4, -0.2) is 11.5 Å². The van der Waals surface area contributed by atoms with Crippen molar-refractivity contribution in [2.24, 2.45) is 5.92 Å². The Bertz CT molecular complexity index is 319. The van der Waals surface area contributed by atoms with Gasteiger partial charge < -0.3 is 5.32 Å². The van der Waals surface area contributed by atoms with Gasteiger partial charge >= 0.3 is 0 Å². The first-order valence-corrected chi connectivity index (χ1v) is 6.58. The van der Waals surface area contributed by atoms with Gasteiger partial charge in [0.25, 0.3) is 0 Å². The van der Waals surface area contributed by atoms with E-state index in [-0.39, 0.29) is 0 Å². The average molecular weight is 239 g/mol. The van der Waals surface area contributed by atoms with Crippen LogP contribution in [-0.2, 0) is 0 Å². The molecule has 1 N–H and O–H groups in total. The van der Waals surface area contributed by atoms with E-state index in [0.29, 0.717) is 5.15 Å². The summed E-state index contributed by atoms with van der Waals surface area (Å²) in [5.41, 5.74) is 0.966. The maximum atomic E-state index is 6.00. The number of anilines is 1. The molecular formula is C13H19ClN2. The summed E-state index contributed by atoms with van der Waals surface area (Å²) in [6, 6.07) is 3.91. The Morgan fingerprint density at radius 3 is 2.69 bits per heavy atom. The number of aromatic nitrogens is 1.